The number of nitrogens with one attached hydrogen (secondary N) is 2. The zero-order valence-electron chi connectivity index (χ0n) is 16.1. The van der Waals surface area contributed by atoms with Crippen LogP contribution in [0.25, 0.3) is 0 Å². The van der Waals surface area contributed by atoms with Gasteiger partial charge in [-0.05, 0) is 37.1 Å². The molecule has 0 radical (unpaired) electrons. The van der Waals surface area contributed by atoms with E-state index in [4.69, 9.17) is 10.00 Å². The van der Waals surface area contributed by atoms with Gasteiger partial charge >= 0.3 is 12.0 Å². The average molecular weight is 386 g/mol. The molecule has 0 aromatic heterocycles. The molecule has 0 saturated carbocycles. The van der Waals surface area contributed by atoms with Crippen molar-refractivity contribution in [2.45, 2.75) is 45.1 Å². The van der Waals surface area contributed by atoms with Gasteiger partial charge in [-0.3, -0.25) is 9.59 Å². The van der Waals surface area contributed by atoms with Crippen LogP contribution in [-0.4, -0.2) is 43.6 Å². The summed E-state index contributed by atoms with van der Waals surface area (Å²) in [5.74, 6) is -0.546. The van der Waals surface area contributed by atoms with Crippen LogP contribution in [0.1, 0.15) is 44.6 Å². The molecule has 1 aliphatic rings. The molecule has 1 fully saturated rings. The van der Waals surface area contributed by atoms with E-state index in [9.17, 15) is 14.4 Å². The van der Waals surface area contributed by atoms with Crippen molar-refractivity contribution in [3.05, 3.63) is 29.8 Å². The van der Waals surface area contributed by atoms with Crippen LogP contribution < -0.4 is 15.5 Å². The van der Waals surface area contributed by atoms with E-state index in [0.717, 1.165) is 19.3 Å². The van der Waals surface area contributed by atoms with E-state index in [-0.39, 0.29) is 24.8 Å². The third kappa shape index (κ3) is 6.27. The second-order valence-corrected chi connectivity index (χ2v) is 6.57. The molecule has 3 amide bonds. The lowest BCUT2D eigenvalue weighted by atomic mass is 10.2. The molecule has 1 aromatic rings. The van der Waals surface area contributed by atoms with Crippen LogP contribution in [0.3, 0.4) is 0 Å². The van der Waals surface area contributed by atoms with E-state index in [2.05, 4.69) is 17.6 Å². The Labute approximate surface area is 164 Å². The zero-order chi connectivity index (χ0) is 20.4. The first-order valence-electron chi connectivity index (χ1n) is 9.56. The minimum Gasteiger partial charge on any atom is -0.466 e. The van der Waals surface area contributed by atoms with Crippen LogP contribution >= 0.6 is 0 Å². The van der Waals surface area contributed by atoms with Gasteiger partial charge in [-0.25, -0.2) is 4.79 Å². The summed E-state index contributed by atoms with van der Waals surface area (Å²) in [6.07, 6.45) is 3.50. The summed E-state index contributed by atoms with van der Waals surface area (Å²) in [6.45, 7) is 3.11. The number of amides is 3. The standard InChI is InChI=1S/C20H26N4O4/c1-2-3-4-13-28-18(25)9-11-22-20(27)23-17-10-12-24(19(17)26)16-7-5-15(14-21)6-8-16/h5-8,17H,2-4,9-13H2,1H3,(H2,22,23,27). The number of hydrogen-bond acceptors (Lipinski definition) is 5. The topological polar surface area (TPSA) is 112 Å². The fraction of sp³-hybridized carbons (Fsp3) is 0.500. The van der Waals surface area contributed by atoms with Crippen molar-refractivity contribution in [3.63, 3.8) is 0 Å². The SMILES string of the molecule is CCCCCOC(=O)CCNC(=O)NC1CCN(c2ccc(C#N)cc2)C1=O. The Kier molecular flexibility index (Phi) is 8.28. The number of carbonyl (C=O) groups excluding carboxylic acids is 3. The van der Waals surface area contributed by atoms with Crippen molar-refractivity contribution in [3.8, 4) is 6.07 Å². The van der Waals surface area contributed by atoms with Crippen LogP contribution in [0.5, 0.6) is 0 Å². The number of ether oxygens (including phenoxy) is 1. The first-order valence-corrected chi connectivity index (χ1v) is 9.56. The summed E-state index contributed by atoms with van der Waals surface area (Å²) < 4.78 is 5.06. The highest BCUT2D eigenvalue weighted by Crippen LogP contribution is 2.21. The van der Waals surface area contributed by atoms with Crippen LogP contribution in [-0.2, 0) is 14.3 Å². The van der Waals surface area contributed by atoms with Gasteiger partial charge in [0.25, 0.3) is 0 Å². The monoisotopic (exact) mass is 386 g/mol. The average Bonchev–Trinajstić information content (AvgIpc) is 3.05. The second-order valence-electron chi connectivity index (χ2n) is 6.57. The second kappa shape index (κ2) is 10.9. The normalized spacial score (nSPS) is 15.8. The van der Waals surface area contributed by atoms with Gasteiger partial charge in [0.2, 0.25) is 5.91 Å². The fourth-order valence-electron chi connectivity index (χ4n) is 2.88. The number of carbonyl (C=O) groups is 3. The molecule has 1 heterocycles. The molecule has 1 aliphatic heterocycles. The van der Waals surface area contributed by atoms with Gasteiger partial charge in [0.05, 0.1) is 24.7 Å². The first kappa shape index (κ1) is 21.2. The summed E-state index contributed by atoms with van der Waals surface area (Å²) in [5.41, 5.74) is 1.22. The van der Waals surface area contributed by atoms with Gasteiger partial charge in [0.15, 0.2) is 0 Å². The number of anilines is 1. The highest BCUT2D eigenvalue weighted by atomic mass is 16.5. The number of hydrogen-bond donors (Lipinski definition) is 2. The Morgan fingerprint density at radius 3 is 2.71 bits per heavy atom. The quantitative estimate of drug-likeness (QED) is 0.499. The molecule has 8 heteroatoms. The lowest BCUT2D eigenvalue weighted by Crippen LogP contribution is -2.46. The summed E-state index contributed by atoms with van der Waals surface area (Å²) in [5, 5.41) is 14.1. The molecule has 1 unspecified atom stereocenters. The molecular weight excluding hydrogens is 360 g/mol. The minimum atomic E-state index is -0.614. The van der Waals surface area contributed by atoms with Crippen molar-refractivity contribution in [1.82, 2.24) is 10.6 Å². The number of urea groups is 1. The van der Waals surface area contributed by atoms with Crippen LogP contribution in [0.15, 0.2) is 24.3 Å². The number of nitrogens with zero attached hydrogens (tertiary/aromatic N) is 2. The molecule has 0 bridgehead atoms. The number of rotatable bonds is 9. The van der Waals surface area contributed by atoms with E-state index in [1.54, 1.807) is 29.2 Å². The van der Waals surface area contributed by atoms with E-state index in [0.29, 0.717) is 30.8 Å². The molecule has 1 aromatic carbocycles. The molecule has 0 aliphatic carbocycles. The molecule has 1 saturated heterocycles. The van der Waals surface area contributed by atoms with E-state index in [1.165, 1.54) is 0 Å². The predicted molar refractivity (Wildman–Crippen MR) is 104 cm³/mol. The Balaban J connectivity index is 1.70. The number of nitriles is 1. The van der Waals surface area contributed by atoms with Gasteiger partial charge in [-0.15, -0.1) is 0 Å². The molecule has 150 valence electrons. The largest absolute Gasteiger partial charge is 0.466 e. The van der Waals surface area contributed by atoms with Crippen molar-refractivity contribution < 1.29 is 19.1 Å². The molecule has 1 atom stereocenters. The van der Waals surface area contributed by atoms with Crippen molar-refractivity contribution in [2.75, 3.05) is 24.6 Å². The maximum Gasteiger partial charge on any atom is 0.315 e. The molecule has 2 N–H and O–H groups in total. The van der Waals surface area contributed by atoms with Gasteiger partial charge in [-0.1, -0.05) is 19.8 Å². The Bertz CT molecular complexity index is 727. The number of esters is 1. The van der Waals surface area contributed by atoms with Gasteiger partial charge < -0.3 is 20.3 Å². The summed E-state index contributed by atoms with van der Waals surface area (Å²) >= 11 is 0. The van der Waals surface area contributed by atoms with Crippen molar-refractivity contribution >= 4 is 23.6 Å². The molecule has 8 nitrogen and oxygen atoms in total. The molecule has 28 heavy (non-hydrogen) atoms. The third-order valence-corrected chi connectivity index (χ3v) is 4.44. The van der Waals surface area contributed by atoms with Gasteiger partial charge in [0, 0.05) is 18.8 Å². The lowest BCUT2D eigenvalue weighted by molar-refractivity contribution is -0.143. The van der Waals surface area contributed by atoms with E-state index in [1.807, 2.05) is 6.07 Å². The summed E-state index contributed by atoms with van der Waals surface area (Å²) in [6, 6.07) is 7.66. The molecule has 0 spiro atoms. The zero-order valence-corrected chi connectivity index (χ0v) is 16.1. The van der Waals surface area contributed by atoms with E-state index >= 15 is 0 Å². The molecule has 2 rings (SSSR count). The fourth-order valence-corrected chi connectivity index (χ4v) is 2.88. The maximum atomic E-state index is 12.5. The predicted octanol–water partition coefficient (Wildman–Crippen LogP) is 2.09. The highest BCUT2D eigenvalue weighted by Gasteiger charge is 2.33. The third-order valence-electron chi connectivity index (χ3n) is 4.44. The Hall–Kier alpha value is -3.08. The number of unbranched alkanes of at least 4 members (excludes halogenated alkanes) is 2. The van der Waals surface area contributed by atoms with Gasteiger partial charge in [0.1, 0.15) is 6.04 Å². The minimum absolute atomic E-state index is 0.0928. The Morgan fingerprint density at radius 1 is 1.29 bits per heavy atom. The van der Waals surface area contributed by atoms with Gasteiger partial charge in [-0.2, -0.15) is 5.26 Å². The Morgan fingerprint density at radius 2 is 2.04 bits per heavy atom. The van der Waals surface area contributed by atoms with Crippen LogP contribution in [0.4, 0.5) is 10.5 Å². The first-order chi connectivity index (χ1) is 13.5. The van der Waals surface area contributed by atoms with Crippen LogP contribution in [0.2, 0.25) is 0 Å². The summed E-state index contributed by atoms with van der Waals surface area (Å²) in [4.78, 5) is 37.6. The lowest BCUT2D eigenvalue weighted by Gasteiger charge is -2.17. The highest BCUT2D eigenvalue weighted by molar-refractivity contribution is 6.01. The number of benzene rings is 1. The maximum absolute atomic E-state index is 12.5. The van der Waals surface area contributed by atoms with Crippen molar-refractivity contribution in [2.24, 2.45) is 0 Å². The summed E-state index contributed by atoms with van der Waals surface area (Å²) in [7, 11) is 0. The van der Waals surface area contributed by atoms with Crippen molar-refractivity contribution in [1.29, 1.82) is 5.26 Å². The smallest absolute Gasteiger partial charge is 0.315 e. The molecular formula is C20H26N4O4. The van der Waals surface area contributed by atoms with Crippen LogP contribution in [0, 0.1) is 11.3 Å². The van der Waals surface area contributed by atoms with E-state index < -0.39 is 12.1 Å².